The number of ketones is 1. The third kappa shape index (κ3) is 9.81. The topological polar surface area (TPSA) is 132 Å². The molecular formula is C34H42O9. The molecule has 0 fully saturated rings. The van der Waals surface area contributed by atoms with Crippen LogP contribution < -0.4 is 4.74 Å². The average molecular weight is 595 g/mol. The fourth-order valence-corrected chi connectivity index (χ4v) is 4.74. The number of aromatic hydroxyl groups is 2. The number of unbranched alkanes of at least 4 members (excludes halogenated alkanes) is 3. The summed E-state index contributed by atoms with van der Waals surface area (Å²) in [4.78, 5) is 23.4. The number of hydrogen-bond donors (Lipinski definition) is 3. The highest BCUT2D eigenvalue weighted by Crippen LogP contribution is 2.40. The van der Waals surface area contributed by atoms with Crippen LogP contribution in [-0.2, 0) is 20.6 Å². The number of aryl methyl sites for hydroxylation is 1. The predicted octanol–water partition coefficient (Wildman–Crippen LogP) is 6.51. The Hall–Kier alpha value is -3.92. The van der Waals surface area contributed by atoms with Crippen molar-refractivity contribution in [3.05, 3.63) is 65.2 Å². The SMILES string of the molecule is CCCCCCc1cc(-c2ccc(C(=O)O)c(O)c2)c(OCCOCCOCCOC)cc1-c1ccc(C(C)=O)c(O)c1. The van der Waals surface area contributed by atoms with Gasteiger partial charge in [-0.25, -0.2) is 4.79 Å². The van der Waals surface area contributed by atoms with Crippen LogP contribution in [0.25, 0.3) is 22.3 Å². The van der Waals surface area contributed by atoms with Crippen molar-refractivity contribution in [2.45, 2.75) is 46.0 Å². The Kier molecular flexibility index (Phi) is 13.5. The van der Waals surface area contributed by atoms with Crippen LogP contribution in [-0.4, -0.2) is 73.8 Å². The molecule has 9 nitrogen and oxygen atoms in total. The van der Waals surface area contributed by atoms with Gasteiger partial charge in [-0.05, 0) is 78.4 Å². The van der Waals surface area contributed by atoms with Gasteiger partial charge in [0, 0.05) is 12.7 Å². The Balaban J connectivity index is 1.99. The normalized spacial score (nSPS) is 11.0. The highest BCUT2D eigenvalue weighted by atomic mass is 16.6. The summed E-state index contributed by atoms with van der Waals surface area (Å²) >= 11 is 0. The summed E-state index contributed by atoms with van der Waals surface area (Å²) in [6, 6.07) is 13.3. The molecule has 0 saturated heterocycles. The van der Waals surface area contributed by atoms with Crippen LogP contribution in [0.3, 0.4) is 0 Å². The van der Waals surface area contributed by atoms with E-state index in [0.29, 0.717) is 49.9 Å². The van der Waals surface area contributed by atoms with Crippen molar-refractivity contribution in [1.82, 2.24) is 0 Å². The molecule has 0 amide bonds. The first-order valence-corrected chi connectivity index (χ1v) is 14.6. The van der Waals surface area contributed by atoms with Crippen molar-refractivity contribution < 1.29 is 43.9 Å². The maximum atomic E-state index is 11.9. The number of aromatic carboxylic acids is 1. The second kappa shape index (κ2) is 17.3. The van der Waals surface area contributed by atoms with Crippen LogP contribution >= 0.6 is 0 Å². The minimum atomic E-state index is -1.22. The molecule has 0 saturated carbocycles. The highest BCUT2D eigenvalue weighted by molar-refractivity contribution is 5.97. The van der Waals surface area contributed by atoms with Gasteiger partial charge in [-0.3, -0.25) is 4.79 Å². The zero-order valence-electron chi connectivity index (χ0n) is 25.2. The van der Waals surface area contributed by atoms with Gasteiger partial charge in [0.1, 0.15) is 29.4 Å². The molecule has 0 unspecified atom stereocenters. The van der Waals surface area contributed by atoms with Gasteiger partial charge in [0.15, 0.2) is 5.78 Å². The van der Waals surface area contributed by atoms with Gasteiger partial charge in [-0.2, -0.15) is 0 Å². The smallest absolute Gasteiger partial charge is 0.339 e. The van der Waals surface area contributed by atoms with E-state index in [0.717, 1.165) is 48.8 Å². The number of carbonyl (C=O) groups is 2. The standard InChI is InChI=1S/C34H42O9/c1-4-5-6-7-8-24-19-30(26-10-12-28(34(38)39)32(37)21-26)33(43-18-17-42-16-15-41-14-13-40-3)22-29(24)25-9-11-27(23(2)35)31(36)20-25/h9-12,19-22,36-37H,4-8,13-18H2,1-3H3,(H,38,39). The summed E-state index contributed by atoms with van der Waals surface area (Å²) in [6.07, 6.45) is 4.96. The van der Waals surface area contributed by atoms with Gasteiger partial charge in [0.05, 0.1) is 38.6 Å². The van der Waals surface area contributed by atoms with Crippen molar-refractivity contribution >= 4 is 11.8 Å². The number of rotatable bonds is 19. The van der Waals surface area contributed by atoms with Crippen molar-refractivity contribution in [3.8, 4) is 39.5 Å². The molecule has 0 atom stereocenters. The molecule has 0 aliphatic carbocycles. The molecule has 3 aromatic carbocycles. The zero-order chi connectivity index (χ0) is 31.2. The Morgan fingerprint density at radius 2 is 1.33 bits per heavy atom. The Morgan fingerprint density at radius 3 is 1.91 bits per heavy atom. The largest absolute Gasteiger partial charge is 0.507 e. The molecule has 0 aliphatic heterocycles. The number of hydrogen-bond acceptors (Lipinski definition) is 8. The van der Waals surface area contributed by atoms with Crippen molar-refractivity contribution in [2.24, 2.45) is 0 Å². The molecule has 3 N–H and O–H groups in total. The van der Waals surface area contributed by atoms with Gasteiger partial charge in [-0.1, -0.05) is 38.3 Å². The first-order valence-electron chi connectivity index (χ1n) is 14.6. The third-order valence-corrected chi connectivity index (χ3v) is 7.02. The molecule has 0 aliphatic rings. The highest BCUT2D eigenvalue weighted by Gasteiger charge is 2.18. The molecule has 232 valence electrons. The van der Waals surface area contributed by atoms with Crippen LogP contribution in [0, 0.1) is 0 Å². The molecule has 0 spiro atoms. The monoisotopic (exact) mass is 594 g/mol. The minimum Gasteiger partial charge on any atom is -0.507 e. The lowest BCUT2D eigenvalue weighted by molar-refractivity contribution is 0.0180. The van der Waals surface area contributed by atoms with Crippen molar-refractivity contribution in [3.63, 3.8) is 0 Å². The molecule has 0 radical (unpaired) electrons. The van der Waals surface area contributed by atoms with Gasteiger partial charge < -0.3 is 34.3 Å². The number of phenols is 2. The zero-order valence-corrected chi connectivity index (χ0v) is 25.2. The summed E-state index contributed by atoms with van der Waals surface area (Å²) in [5.41, 5.74) is 3.93. The van der Waals surface area contributed by atoms with E-state index in [1.807, 2.05) is 18.2 Å². The molecule has 0 heterocycles. The lowest BCUT2D eigenvalue weighted by atomic mass is 9.90. The van der Waals surface area contributed by atoms with Crippen LogP contribution in [0.1, 0.15) is 65.8 Å². The van der Waals surface area contributed by atoms with Gasteiger partial charge >= 0.3 is 5.97 Å². The number of methoxy groups -OCH3 is 1. The first kappa shape index (κ1) is 33.6. The second-order valence-electron chi connectivity index (χ2n) is 10.2. The maximum absolute atomic E-state index is 11.9. The summed E-state index contributed by atoms with van der Waals surface area (Å²) in [5.74, 6) is -1.37. The number of carbonyl (C=O) groups excluding carboxylic acids is 1. The summed E-state index contributed by atoms with van der Waals surface area (Å²) in [7, 11) is 1.61. The molecule has 43 heavy (non-hydrogen) atoms. The quantitative estimate of drug-likeness (QED) is 0.105. The first-order chi connectivity index (χ1) is 20.8. The number of benzene rings is 3. The molecule has 3 aromatic rings. The summed E-state index contributed by atoms with van der Waals surface area (Å²) in [6.45, 7) is 5.93. The maximum Gasteiger partial charge on any atom is 0.339 e. The fraction of sp³-hybridized carbons (Fsp3) is 0.412. The van der Waals surface area contributed by atoms with E-state index in [9.17, 15) is 24.9 Å². The molecule has 9 heteroatoms. The number of carboxylic acids is 1. The van der Waals surface area contributed by atoms with E-state index in [4.69, 9.17) is 18.9 Å². The van der Waals surface area contributed by atoms with Gasteiger partial charge in [0.2, 0.25) is 0 Å². The van der Waals surface area contributed by atoms with Crippen LogP contribution in [0.15, 0.2) is 48.5 Å². The van der Waals surface area contributed by atoms with E-state index in [1.54, 1.807) is 25.3 Å². The van der Waals surface area contributed by atoms with Gasteiger partial charge in [-0.15, -0.1) is 0 Å². The lowest BCUT2D eigenvalue weighted by Gasteiger charge is -2.19. The fourth-order valence-electron chi connectivity index (χ4n) is 4.74. The summed E-state index contributed by atoms with van der Waals surface area (Å²) in [5, 5.41) is 30.4. The van der Waals surface area contributed by atoms with E-state index in [1.165, 1.54) is 19.1 Å². The Bertz CT molecular complexity index is 1370. The van der Waals surface area contributed by atoms with Crippen LogP contribution in [0.4, 0.5) is 0 Å². The second-order valence-corrected chi connectivity index (χ2v) is 10.2. The Labute approximate surface area is 253 Å². The van der Waals surface area contributed by atoms with Gasteiger partial charge in [0.25, 0.3) is 0 Å². The molecule has 3 rings (SSSR count). The van der Waals surface area contributed by atoms with Crippen molar-refractivity contribution in [1.29, 1.82) is 0 Å². The van der Waals surface area contributed by atoms with Crippen LogP contribution in [0.2, 0.25) is 0 Å². The lowest BCUT2D eigenvalue weighted by Crippen LogP contribution is -2.12. The average Bonchev–Trinajstić information content (AvgIpc) is 2.98. The number of phenolic OH excluding ortho intramolecular Hbond substituents is 1. The van der Waals surface area contributed by atoms with E-state index in [2.05, 4.69) is 6.92 Å². The van der Waals surface area contributed by atoms with E-state index >= 15 is 0 Å². The number of carboxylic acid groups (broad SMARTS) is 1. The molecule has 0 aromatic heterocycles. The van der Waals surface area contributed by atoms with Crippen molar-refractivity contribution in [2.75, 3.05) is 46.8 Å². The number of ether oxygens (including phenoxy) is 4. The molecule has 0 bridgehead atoms. The van der Waals surface area contributed by atoms with E-state index < -0.39 is 5.97 Å². The molecular weight excluding hydrogens is 552 g/mol. The van der Waals surface area contributed by atoms with Crippen LogP contribution in [0.5, 0.6) is 17.2 Å². The third-order valence-electron chi connectivity index (χ3n) is 7.02. The minimum absolute atomic E-state index is 0.0937. The Morgan fingerprint density at radius 1 is 0.721 bits per heavy atom. The predicted molar refractivity (Wildman–Crippen MR) is 164 cm³/mol. The summed E-state index contributed by atoms with van der Waals surface area (Å²) < 4.78 is 22.2. The number of Topliss-reactive ketones (excluding diaryl/α,β-unsaturated/α-hetero) is 1. The van der Waals surface area contributed by atoms with E-state index in [-0.39, 0.29) is 35.0 Å².